The number of aliphatic hydroxyl groups excluding tert-OH is 1. The smallest absolute Gasteiger partial charge is 0.389 e. The highest BCUT2D eigenvalue weighted by molar-refractivity contribution is 7.89. The highest BCUT2D eigenvalue weighted by atomic mass is 32.2. The number of hydrogen-bond acceptors (Lipinski definition) is 6. The number of ether oxygens (including phenoxy) is 1. The fourth-order valence-electron chi connectivity index (χ4n) is 5.39. The number of carbonyl (C=O) groups is 1. The van der Waals surface area contributed by atoms with E-state index in [1.54, 1.807) is 80.9 Å². The van der Waals surface area contributed by atoms with Crippen LogP contribution >= 0.6 is 0 Å². The van der Waals surface area contributed by atoms with Crippen molar-refractivity contribution in [3.63, 3.8) is 0 Å². The van der Waals surface area contributed by atoms with E-state index in [1.807, 2.05) is 13.0 Å². The number of halogens is 3. The first-order valence-electron chi connectivity index (χ1n) is 13.9. The third kappa shape index (κ3) is 6.96. The van der Waals surface area contributed by atoms with Crippen LogP contribution in [0, 0.1) is 5.41 Å². The Kier molecular flexibility index (Phi) is 8.86. The number of esters is 1. The molecule has 2 heterocycles. The number of hydrogen-bond donors (Lipinski definition) is 2. The molecule has 1 aliphatic heterocycles. The molecule has 0 fully saturated rings. The highest BCUT2D eigenvalue weighted by Gasteiger charge is 2.50. The number of cyclic esters (lactones) is 1. The van der Waals surface area contributed by atoms with Crippen LogP contribution in [0.15, 0.2) is 77.2 Å². The quantitative estimate of drug-likeness (QED) is 0.271. The molecule has 0 amide bonds. The van der Waals surface area contributed by atoms with E-state index in [-0.39, 0.29) is 10.6 Å². The van der Waals surface area contributed by atoms with Gasteiger partial charge in [0.05, 0.1) is 11.6 Å². The lowest BCUT2D eigenvalue weighted by Gasteiger charge is -2.42. The van der Waals surface area contributed by atoms with Crippen LogP contribution in [-0.2, 0) is 38.6 Å². The summed E-state index contributed by atoms with van der Waals surface area (Å²) in [5.74, 6) is -1.22. The minimum Gasteiger partial charge on any atom is -0.512 e. The van der Waals surface area contributed by atoms with Crippen LogP contribution in [0.1, 0.15) is 58.1 Å². The van der Waals surface area contributed by atoms with Gasteiger partial charge in [0.1, 0.15) is 17.2 Å². The molecule has 0 saturated carbocycles. The van der Waals surface area contributed by atoms with E-state index in [4.69, 9.17) is 4.74 Å². The standard InChI is InChI=1S/C31H36F3N3O5S/c1-6-20-12-10-11-15-22(20)30(16-17-31(32,33)34)18-23(38)25(28(39)42-30)26(29(2,3)4)36-43(40,41)24-19-37(5)27(35-24)21-13-8-7-9-14-21/h7-15,19,26,36,38H,6,16-18H2,1-5H3/t26?,30-/m1/s1. The fraction of sp³-hybridized carbons (Fsp3) is 0.419. The molecule has 0 bridgehead atoms. The van der Waals surface area contributed by atoms with Gasteiger partial charge in [0.25, 0.3) is 10.0 Å². The summed E-state index contributed by atoms with van der Waals surface area (Å²) in [5.41, 5.74) is -1.38. The van der Waals surface area contributed by atoms with E-state index in [0.29, 0.717) is 28.9 Å². The Bertz CT molecular complexity index is 1630. The lowest BCUT2D eigenvalue weighted by atomic mass is 9.76. The predicted molar refractivity (Wildman–Crippen MR) is 155 cm³/mol. The van der Waals surface area contributed by atoms with Crippen molar-refractivity contribution in [3.8, 4) is 11.4 Å². The van der Waals surface area contributed by atoms with Gasteiger partial charge in [0, 0.05) is 38.1 Å². The maximum Gasteiger partial charge on any atom is 0.389 e. The molecule has 2 aromatic carbocycles. The molecule has 0 aliphatic carbocycles. The number of carbonyl (C=O) groups excluding carboxylic acids is 1. The van der Waals surface area contributed by atoms with E-state index in [9.17, 15) is 31.5 Å². The van der Waals surface area contributed by atoms with Crippen molar-refractivity contribution < 1.29 is 36.2 Å². The SMILES string of the molecule is CCc1ccccc1[C@@]1(CCC(F)(F)F)CC(O)=C(C(NS(=O)(=O)c2cn(C)c(-c3ccccc3)n2)C(C)(C)C)C(=O)O1. The number of aliphatic hydroxyl groups is 1. The number of aromatic nitrogens is 2. The zero-order valence-electron chi connectivity index (χ0n) is 24.7. The first kappa shape index (κ1) is 32.3. The second-order valence-corrected chi connectivity index (χ2v) is 13.5. The van der Waals surface area contributed by atoms with Gasteiger partial charge < -0.3 is 14.4 Å². The van der Waals surface area contributed by atoms with Gasteiger partial charge in [-0.25, -0.2) is 22.9 Å². The monoisotopic (exact) mass is 619 g/mol. The van der Waals surface area contributed by atoms with Crippen molar-refractivity contribution >= 4 is 16.0 Å². The molecule has 2 atom stereocenters. The lowest BCUT2D eigenvalue weighted by Crippen LogP contribution is -2.50. The average Bonchev–Trinajstić information content (AvgIpc) is 3.33. The van der Waals surface area contributed by atoms with Crippen LogP contribution in [-0.4, -0.2) is 41.3 Å². The second kappa shape index (κ2) is 11.8. The van der Waals surface area contributed by atoms with Crippen molar-refractivity contribution in [1.29, 1.82) is 0 Å². The topological polar surface area (TPSA) is 111 Å². The molecule has 43 heavy (non-hydrogen) atoms. The molecular weight excluding hydrogens is 583 g/mol. The van der Waals surface area contributed by atoms with Crippen LogP contribution in [0.5, 0.6) is 0 Å². The molecular formula is C31H36F3N3O5S. The third-order valence-electron chi connectivity index (χ3n) is 7.56. The van der Waals surface area contributed by atoms with E-state index in [1.165, 1.54) is 6.20 Å². The zero-order chi connectivity index (χ0) is 31.8. The molecule has 1 aliphatic rings. The molecule has 2 N–H and O–H groups in total. The third-order valence-corrected chi connectivity index (χ3v) is 8.86. The van der Waals surface area contributed by atoms with E-state index >= 15 is 0 Å². The number of nitrogens with one attached hydrogen (secondary N) is 1. The predicted octanol–water partition coefficient (Wildman–Crippen LogP) is 6.34. The van der Waals surface area contributed by atoms with Gasteiger partial charge in [-0.3, -0.25) is 0 Å². The summed E-state index contributed by atoms with van der Waals surface area (Å²) in [4.78, 5) is 18.0. The number of aryl methyl sites for hydroxylation is 2. The number of imidazole rings is 1. The molecule has 1 unspecified atom stereocenters. The van der Waals surface area contributed by atoms with Gasteiger partial charge in [-0.15, -0.1) is 0 Å². The summed E-state index contributed by atoms with van der Waals surface area (Å²) in [5, 5.41) is 11.1. The summed E-state index contributed by atoms with van der Waals surface area (Å²) >= 11 is 0. The summed E-state index contributed by atoms with van der Waals surface area (Å²) in [6, 6.07) is 14.4. The number of benzene rings is 2. The maximum absolute atomic E-state index is 13.7. The Morgan fingerprint density at radius 3 is 2.30 bits per heavy atom. The van der Waals surface area contributed by atoms with Crippen LogP contribution in [0.3, 0.4) is 0 Å². The molecule has 1 aromatic heterocycles. The van der Waals surface area contributed by atoms with Crippen molar-refractivity contribution in [2.24, 2.45) is 12.5 Å². The van der Waals surface area contributed by atoms with Crippen LogP contribution in [0.25, 0.3) is 11.4 Å². The van der Waals surface area contributed by atoms with Crippen molar-refractivity contribution in [2.75, 3.05) is 0 Å². The molecule has 3 aromatic rings. The fourth-order valence-corrected chi connectivity index (χ4v) is 6.79. The van der Waals surface area contributed by atoms with Crippen molar-refractivity contribution in [1.82, 2.24) is 14.3 Å². The molecule has 0 saturated heterocycles. The Morgan fingerprint density at radius 1 is 1.09 bits per heavy atom. The molecule has 0 spiro atoms. The first-order chi connectivity index (χ1) is 20.0. The minimum absolute atomic E-state index is 0.302. The number of sulfonamides is 1. The van der Waals surface area contributed by atoms with Crippen LogP contribution in [0.2, 0.25) is 0 Å². The Hall–Kier alpha value is -3.64. The normalized spacial score (nSPS) is 18.9. The lowest BCUT2D eigenvalue weighted by molar-refractivity contribution is -0.175. The highest BCUT2D eigenvalue weighted by Crippen LogP contribution is 2.46. The summed E-state index contributed by atoms with van der Waals surface area (Å²) in [6.45, 7) is 6.83. The van der Waals surface area contributed by atoms with E-state index < -0.39 is 64.2 Å². The van der Waals surface area contributed by atoms with Gasteiger partial charge in [0.15, 0.2) is 5.03 Å². The number of nitrogens with zero attached hydrogens (tertiary/aromatic N) is 2. The summed E-state index contributed by atoms with van der Waals surface area (Å²) < 4.78 is 77.4. The average molecular weight is 620 g/mol. The molecule has 8 nitrogen and oxygen atoms in total. The minimum atomic E-state index is -4.54. The number of alkyl halides is 3. The number of rotatable bonds is 9. The van der Waals surface area contributed by atoms with E-state index in [0.717, 1.165) is 0 Å². The Morgan fingerprint density at radius 2 is 1.72 bits per heavy atom. The van der Waals surface area contributed by atoms with Crippen molar-refractivity contribution in [3.05, 3.63) is 83.3 Å². The summed E-state index contributed by atoms with van der Waals surface area (Å²) in [6.07, 6.45) is -5.05. The summed E-state index contributed by atoms with van der Waals surface area (Å²) in [7, 11) is -2.70. The van der Waals surface area contributed by atoms with Gasteiger partial charge >= 0.3 is 12.1 Å². The van der Waals surface area contributed by atoms with E-state index in [2.05, 4.69) is 9.71 Å². The van der Waals surface area contributed by atoms with Crippen LogP contribution in [0.4, 0.5) is 13.2 Å². The van der Waals surface area contributed by atoms with Gasteiger partial charge in [0.2, 0.25) is 0 Å². The van der Waals surface area contributed by atoms with Crippen LogP contribution < -0.4 is 4.72 Å². The van der Waals surface area contributed by atoms with Gasteiger partial charge in [-0.1, -0.05) is 82.3 Å². The molecule has 232 valence electrons. The molecule has 4 rings (SSSR count). The van der Waals surface area contributed by atoms with Gasteiger partial charge in [-0.05, 0) is 23.0 Å². The molecule has 0 radical (unpaired) electrons. The van der Waals surface area contributed by atoms with Gasteiger partial charge in [-0.2, -0.15) is 13.2 Å². The zero-order valence-corrected chi connectivity index (χ0v) is 25.5. The second-order valence-electron chi connectivity index (χ2n) is 11.8. The van der Waals surface area contributed by atoms with Crippen molar-refractivity contribution in [2.45, 2.75) is 76.2 Å². The first-order valence-corrected chi connectivity index (χ1v) is 15.4. The Balaban J connectivity index is 1.76. The molecule has 12 heteroatoms. The largest absolute Gasteiger partial charge is 0.512 e. The Labute approximate surface area is 249 Å². The maximum atomic E-state index is 13.7.